The van der Waals surface area contributed by atoms with Crippen molar-refractivity contribution in [3.63, 3.8) is 0 Å². The van der Waals surface area contributed by atoms with E-state index in [0.717, 1.165) is 13.0 Å². The van der Waals surface area contributed by atoms with Crippen LogP contribution in [0, 0.1) is 0 Å². The number of nitrogens with one attached hydrogen (secondary N) is 1. The van der Waals surface area contributed by atoms with Gasteiger partial charge in [-0.25, -0.2) is 0 Å². The second kappa shape index (κ2) is 2.90. The van der Waals surface area contributed by atoms with Crippen LogP contribution in [0.15, 0.2) is 0 Å². The van der Waals surface area contributed by atoms with Crippen LogP contribution < -0.4 is 4.90 Å². The molecule has 3 nitrogen and oxygen atoms in total. The lowest BCUT2D eigenvalue weighted by molar-refractivity contribution is -0.141. The summed E-state index contributed by atoms with van der Waals surface area (Å²) in [6.07, 6.45) is -3.13. The Morgan fingerprint density at radius 3 is 2.79 bits per heavy atom. The Labute approximate surface area is 78.9 Å². The molecule has 0 amide bonds. The number of anilines is 1. The third-order valence-electron chi connectivity index (χ3n) is 2.41. The number of halogens is 3. The van der Waals surface area contributed by atoms with E-state index in [1.54, 1.807) is 11.9 Å². The van der Waals surface area contributed by atoms with Gasteiger partial charge in [-0.15, -0.1) is 0 Å². The fourth-order valence-corrected chi connectivity index (χ4v) is 1.74. The number of hydrogen-bond donors (Lipinski definition) is 1. The zero-order chi connectivity index (χ0) is 10.3. The fraction of sp³-hybridized carbons (Fsp3) is 0.625. The van der Waals surface area contributed by atoms with E-state index in [0.29, 0.717) is 17.8 Å². The molecule has 78 valence electrons. The molecular formula is C8H10F3N3. The van der Waals surface area contributed by atoms with E-state index in [1.165, 1.54) is 0 Å². The van der Waals surface area contributed by atoms with Crippen LogP contribution in [0.5, 0.6) is 0 Å². The summed E-state index contributed by atoms with van der Waals surface area (Å²) < 4.78 is 37.3. The maximum atomic E-state index is 12.4. The van der Waals surface area contributed by atoms with E-state index >= 15 is 0 Å². The molecule has 2 rings (SSSR count). The molecule has 1 aliphatic heterocycles. The number of rotatable bonds is 0. The first-order valence-electron chi connectivity index (χ1n) is 4.35. The van der Waals surface area contributed by atoms with Crippen molar-refractivity contribution in [3.8, 4) is 0 Å². The third kappa shape index (κ3) is 1.34. The summed E-state index contributed by atoms with van der Waals surface area (Å²) in [6, 6.07) is 0. The summed E-state index contributed by atoms with van der Waals surface area (Å²) in [7, 11) is 1.75. The minimum absolute atomic E-state index is 0.297. The Hall–Kier alpha value is -1.20. The van der Waals surface area contributed by atoms with Crippen LogP contribution in [0.25, 0.3) is 0 Å². The van der Waals surface area contributed by atoms with Crippen molar-refractivity contribution >= 4 is 5.82 Å². The Morgan fingerprint density at radius 2 is 2.14 bits per heavy atom. The van der Waals surface area contributed by atoms with Crippen LogP contribution in [0.3, 0.4) is 0 Å². The molecule has 1 aromatic heterocycles. The quantitative estimate of drug-likeness (QED) is 0.700. The summed E-state index contributed by atoms with van der Waals surface area (Å²) in [5, 5.41) is 5.76. The molecule has 2 heterocycles. The summed E-state index contributed by atoms with van der Waals surface area (Å²) in [6.45, 7) is 0.759. The number of hydrogen-bond acceptors (Lipinski definition) is 2. The molecule has 0 aromatic carbocycles. The van der Waals surface area contributed by atoms with Crippen molar-refractivity contribution in [1.29, 1.82) is 0 Å². The molecule has 6 heteroatoms. The van der Waals surface area contributed by atoms with Gasteiger partial charge < -0.3 is 4.90 Å². The van der Waals surface area contributed by atoms with Gasteiger partial charge in [0.1, 0.15) is 5.69 Å². The summed E-state index contributed by atoms with van der Waals surface area (Å²) in [4.78, 5) is 1.74. The van der Waals surface area contributed by atoms with Crippen LogP contribution in [-0.2, 0) is 12.6 Å². The zero-order valence-electron chi connectivity index (χ0n) is 7.65. The Morgan fingerprint density at radius 1 is 1.43 bits per heavy atom. The molecule has 0 saturated heterocycles. The monoisotopic (exact) mass is 205 g/mol. The molecule has 0 spiro atoms. The summed E-state index contributed by atoms with van der Waals surface area (Å²) in [5.41, 5.74) is -0.398. The van der Waals surface area contributed by atoms with Crippen LogP contribution in [-0.4, -0.2) is 23.8 Å². The van der Waals surface area contributed by atoms with E-state index in [1.807, 2.05) is 0 Å². The van der Waals surface area contributed by atoms with Crippen molar-refractivity contribution in [1.82, 2.24) is 10.2 Å². The molecule has 0 atom stereocenters. The first-order chi connectivity index (χ1) is 6.50. The average Bonchev–Trinajstić information content (AvgIpc) is 2.47. The fourth-order valence-electron chi connectivity index (χ4n) is 1.74. The number of alkyl halides is 3. The van der Waals surface area contributed by atoms with Crippen LogP contribution >= 0.6 is 0 Å². The number of aromatic nitrogens is 2. The van der Waals surface area contributed by atoms with Gasteiger partial charge in [0.15, 0.2) is 5.82 Å². The predicted molar refractivity (Wildman–Crippen MR) is 45.2 cm³/mol. The van der Waals surface area contributed by atoms with E-state index in [2.05, 4.69) is 10.2 Å². The highest BCUT2D eigenvalue weighted by Crippen LogP contribution is 2.36. The van der Waals surface area contributed by atoms with Gasteiger partial charge in [-0.1, -0.05) is 0 Å². The van der Waals surface area contributed by atoms with Gasteiger partial charge in [0.2, 0.25) is 0 Å². The first kappa shape index (κ1) is 9.36. The molecule has 1 aliphatic rings. The lowest BCUT2D eigenvalue weighted by Crippen LogP contribution is -2.25. The predicted octanol–water partition coefficient (Wildman–Crippen LogP) is 1.81. The van der Waals surface area contributed by atoms with Gasteiger partial charge in [-0.3, -0.25) is 5.10 Å². The van der Waals surface area contributed by atoms with Crippen molar-refractivity contribution in [2.45, 2.75) is 19.0 Å². The van der Waals surface area contributed by atoms with Crippen molar-refractivity contribution in [2.75, 3.05) is 18.5 Å². The highest BCUT2D eigenvalue weighted by molar-refractivity contribution is 5.51. The van der Waals surface area contributed by atoms with Gasteiger partial charge in [-0.05, 0) is 12.8 Å². The number of fused-ring (bicyclic) bond motifs is 1. The smallest absolute Gasteiger partial charge is 0.358 e. The largest absolute Gasteiger partial charge is 0.433 e. The lowest BCUT2D eigenvalue weighted by atomic mass is 10.1. The van der Waals surface area contributed by atoms with E-state index < -0.39 is 11.9 Å². The van der Waals surface area contributed by atoms with E-state index in [4.69, 9.17) is 0 Å². The minimum atomic E-state index is -4.32. The highest BCUT2D eigenvalue weighted by Gasteiger charge is 2.38. The molecule has 0 saturated carbocycles. The van der Waals surface area contributed by atoms with E-state index in [9.17, 15) is 13.2 Å². The highest BCUT2D eigenvalue weighted by atomic mass is 19.4. The first-order valence-corrected chi connectivity index (χ1v) is 4.35. The average molecular weight is 205 g/mol. The van der Waals surface area contributed by atoms with Gasteiger partial charge in [0.25, 0.3) is 0 Å². The zero-order valence-corrected chi connectivity index (χ0v) is 7.65. The molecule has 1 aromatic rings. The molecule has 0 aliphatic carbocycles. The van der Waals surface area contributed by atoms with Crippen molar-refractivity contribution in [3.05, 3.63) is 11.3 Å². The second-order valence-corrected chi connectivity index (χ2v) is 3.42. The Bertz CT molecular complexity index is 342. The Balaban J connectivity index is 2.46. The van der Waals surface area contributed by atoms with Crippen LogP contribution in [0.4, 0.5) is 19.0 Å². The topological polar surface area (TPSA) is 31.9 Å². The summed E-state index contributed by atoms with van der Waals surface area (Å²) in [5.74, 6) is 0.434. The van der Waals surface area contributed by atoms with Gasteiger partial charge in [0, 0.05) is 19.2 Å². The SMILES string of the molecule is CN1CCCc2c1n[nH]c2C(F)(F)F. The molecule has 1 N–H and O–H groups in total. The molecule has 0 bridgehead atoms. The molecule has 0 unspecified atom stereocenters. The molecular weight excluding hydrogens is 195 g/mol. The number of aromatic amines is 1. The number of nitrogens with zero attached hydrogens (tertiary/aromatic N) is 2. The lowest BCUT2D eigenvalue weighted by Gasteiger charge is -2.23. The maximum Gasteiger partial charge on any atom is 0.433 e. The standard InChI is InChI=1S/C8H10F3N3/c1-14-4-2-3-5-6(8(9,10)11)12-13-7(5)14/h2-4H2,1H3,(H,12,13). The van der Waals surface area contributed by atoms with Crippen molar-refractivity contribution in [2.24, 2.45) is 0 Å². The normalized spacial score (nSPS) is 17.0. The van der Waals surface area contributed by atoms with Gasteiger partial charge in [0.05, 0.1) is 0 Å². The molecule has 14 heavy (non-hydrogen) atoms. The van der Waals surface area contributed by atoms with Crippen molar-refractivity contribution < 1.29 is 13.2 Å². The van der Waals surface area contributed by atoms with Crippen LogP contribution in [0.2, 0.25) is 0 Å². The second-order valence-electron chi connectivity index (χ2n) is 3.42. The van der Waals surface area contributed by atoms with Gasteiger partial charge in [-0.2, -0.15) is 18.3 Å². The Kier molecular flexibility index (Phi) is 1.94. The van der Waals surface area contributed by atoms with Gasteiger partial charge >= 0.3 is 6.18 Å². The molecule has 0 radical (unpaired) electrons. The van der Waals surface area contributed by atoms with Crippen LogP contribution in [0.1, 0.15) is 17.7 Å². The number of H-pyrrole nitrogens is 1. The molecule has 0 fully saturated rings. The summed E-state index contributed by atoms with van der Waals surface area (Å²) >= 11 is 0. The van der Waals surface area contributed by atoms with E-state index in [-0.39, 0.29) is 0 Å². The maximum absolute atomic E-state index is 12.4. The third-order valence-corrected chi connectivity index (χ3v) is 2.41. The minimum Gasteiger partial charge on any atom is -0.358 e.